The van der Waals surface area contributed by atoms with Crippen LogP contribution in [-0.2, 0) is 4.74 Å². The number of nitrogens with zero attached hydrogens (tertiary/aromatic N) is 1. The zero-order chi connectivity index (χ0) is 10.2. The van der Waals surface area contributed by atoms with Crippen LogP contribution >= 0.6 is 11.3 Å². The van der Waals surface area contributed by atoms with Gasteiger partial charge in [0.15, 0.2) is 6.10 Å². The van der Waals surface area contributed by atoms with E-state index in [2.05, 4.69) is 9.72 Å². The van der Waals surface area contributed by atoms with Crippen LogP contribution < -0.4 is 4.74 Å². The molecule has 1 atom stereocenters. The maximum Gasteiger partial charge on any atom is 0.309 e. The van der Waals surface area contributed by atoms with Crippen LogP contribution in [0.3, 0.4) is 0 Å². The van der Waals surface area contributed by atoms with Crippen molar-refractivity contribution in [1.82, 2.24) is 4.98 Å². The summed E-state index contributed by atoms with van der Waals surface area (Å²) in [5, 5.41) is 2.03. The molecule has 1 aromatic heterocycles. The molecule has 0 spiro atoms. The number of hydrogen-bond acceptors (Lipinski definition) is 4. The number of aromatic nitrogens is 1. The summed E-state index contributed by atoms with van der Waals surface area (Å²) in [4.78, 5) is 3.95. The normalized spacial score (nSPS) is 25.2. The first-order valence-corrected chi connectivity index (χ1v) is 5.00. The number of ether oxygens (including phenoxy) is 2. The lowest BCUT2D eigenvalue weighted by Gasteiger charge is -2.16. The van der Waals surface area contributed by atoms with E-state index in [9.17, 15) is 8.78 Å². The SMILES string of the molecule is Cc1csc(OC2COCC2(F)F)n1. The maximum absolute atomic E-state index is 13.0. The molecular formula is C8H9F2NO2S. The summed E-state index contributed by atoms with van der Waals surface area (Å²) in [5.41, 5.74) is 0.771. The van der Waals surface area contributed by atoms with Gasteiger partial charge in [0.2, 0.25) is 0 Å². The van der Waals surface area contributed by atoms with Crippen LogP contribution in [0.25, 0.3) is 0 Å². The van der Waals surface area contributed by atoms with Crippen LogP contribution in [0.15, 0.2) is 5.38 Å². The van der Waals surface area contributed by atoms with Crippen LogP contribution in [-0.4, -0.2) is 30.2 Å². The van der Waals surface area contributed by atoms with Gasteiger partial charge in [-0.3, -0.25) is 0 Å². The van der Waals surface area contributed by atoms with Crippen molar-refractivity contribution in [2.24, 2.45) is 0 Å². The molecule has 1 unspecified atom stereocenters. The molecule has 2 rings (SSSR count). The molecule has 0 radical (unpaired) electrons. The van der Waals surface area contributed by atoms with E-state index in [1.165, 1.54) is 11.3 Å². The largest absolute Gasteiger partial charge is 0.458 e. The van der Waals surface area contributed by atoms with Crippen molar-refractivity contribution >= 4 is 11.3 Å². The summed E-state index contributed by atoms with van der Waals surface area (Å²) >= 11 is 1.21. The highest BCUT2D eigenvalue weighted by Gasteiger charge is 2.47. The third-order valence-electron chi connectivity index (χ3n) is 1.88. The Morgan fingerprint density at radius 2 is 2.50 bits per heavy atom. The monoisotopic (exact) mass is 221 g/mol. The van der Waals surface area contributed by atoms with Gasteiger partial charge in [0.05, 0.1) is 12.3 Å². The van der Waals surface area contributed by atoms with Gasteiger partial charge in [0.1, 0.15) is 6.61 Å². The second-order valence-corrected chi connectivity index (χ2v) is 3.96. The summed E-state index contributed by atoms with van der Waals surface area (Å²) in [6.07, 6.45) is -1.20. The van der Waals surface area contributed by atoms with E-state index in [0.717, 1.165) is 5.69 Å². The van der Waals surface area contributed by atoms with Crippen molar-refractivity contribution in [3.8, 4) is 5.19 Å². The Kier molecular flexibility index (Phi) is 2.40. The van der Waals surface area contributed by atoms with Crippen molar-refractivity contribution < 1.29 is 18.3 Å². The molecule has 0 bridgehead atoms. The van der Waals surface area contributed by atoms with E-state index in [1.54, 1.807) is 12.3 Å². The predicted octanol–water partition coefficient (Wildman–Crippen LogP) is 1.86. The zero-order valence-electron chi connectivity index (χ0n) is 7.50. The van der Waals surface area contributed by atoms with Gasteiger partial charge in [0.25, 0.3) is 5.19 Å². The lowest BCUT2D eigenvalue weighted by atomic mass is 10.2. The molecule has 0 aromatic carbocycles. The van der Waals surface area contributed by atoms with E-state index >= 15 is 0 Å². The Morgan fingerprint density at radius 1 is 1.71 bits per heavy atom. The second-order valence-electron chi connectivity index (χ2n) is 3.14. The smallest absolute Gasteiger partial charge is 0.309 e. The van der Waals surface area contributed by atoms with Gasteiger partial charge in [-0.2, -0.15) is 8.78 Å². The Hall–Kier alpha value is -0.750. The molecule has 1 aliphatic heterocycles. The first kappa shape index (κ1) is 9.79. The number of alkyl halides is 2. The van der Waals surface area contributed by atoms with Crippen LogP contribution in [0, 0.1) is 6.92 Å². The van der Waals surface area contributed by atoms with Crippen LogP contribution in [0.1, 0.15) is 5.69 Å². The summed E-state index contributed by atoms with van der Waals surface area (Å²) in [6.45, 7) is 1.14. The average Bonchev–Trinajstić information content (AvgIpc) is 2.61. The Morgan fingerprint density at radius 3 is 3.00 bits per heavy atom. The fourth-order valence-electron chi connectivity index (χ4n) is 1.15. The third-order valence-corrected chi connectivity index (χ3v) is 2.72. The first-order valence-electron chi connectivity index (χ1n) is 4.12. The molecule has 0 amide bonds. The molecule has 3 nitrogen and oxygen atoms in total. The van der Waals surface area contributed by atoms with E-state index in [1.807, 2.05) is 0 Å². The van der Waals surface area contributed by atoms with Crippen molar-refractivity contribution in [2.75, 3.05) is 13.2 Å². The predicted molar refractivity (Wildman–Crippen MR) is 47.0 cm³/mol. The number of thiazole rings is 1. The lowest BCUT2D eigenvalue weighted by Crippen LogP contribution is -2.36. The van der Waals surface area contributed by atoms with Crippen molar-refractivity contribution in [3.05, 3.63) is 11.1 Å². The van der Waals surface area contributed by atoms with Gasteiger partial charge in [-0.1, -0.05) is 11.3 Å². The number of hydrogen-bond donors (Lipinski definition) is 0. The molecule has 2 heterocycles. The molecule has 1 aliphatic rings. The number of halogens is 2. The van der Waals surface area contributed by atoms with Crippen LogP contribution in [0.5, 0.6) is 5.19 Å². The zero-order valence-corrected chi connectivity index (χ0v) is 8.31. The summed E-state index contributed by atoms with van der Waals surface area (Å²) in [5.74, 6) is -2.90. The molecular weight excluding hydrogens is 212 g/mol. The Labute approximate surface area is 83.7 Å². The Balaban J connectivity index is 2.04. The van der Waals surface area contributed by atoms with Crippen LogP contribution in [0.4, 0.5) is 8.78 Å². The van der Waals surface area contributed by atoms with E-state index in [0.29, 0.717) is 0 Å². The van der Waals surface area contributed by atoms with E-state index in [-0.39, 0.29) is 11.8 Å². The topological polar surface area (TPSA) is 31.4 Å². The lowest BCUT2D eigenvalue weighted by molar-refractivity contribution is -0.0659. The number of aryl methyl sites for hydroxylation is 1. The minimum Gasteiger partial charge on any atom is -0.458 e. The van der Waals surface area contributed by atoms with Gasteiger partial charge in [-0.15, -0.1) is 0 Å². The summed E-state index contributed by atoms with van der Waals surface area (Å²) < 4.78 is 35.8. The van der Waals surface area contributed by atoms with E-state index in [4.69, 9.17) is 4.74 Å². The standard InChI is InChI=1S/C8H9F2NO2S/c1-5-3-14-7(11-5)13-6-2-12-4-8(6,9)10/h3,6H,2,4H2,1H3. The summed E-state index contributed by atoms with van der Waals surface area (Å²) in [7, 11) is 0. The fourth-order valence-corrected chi connectivity index (χ4v) is 1.84. The highest BCUT2D eigenvalue weighted by Crippen LogP contribution is 2.30. The van der Waals surface area contributed by atoms with Gasteiger partial charge in [-0.05, 0) is 6.92 Å². The first-order chi connectivity index (χ1) is 6.58. The highest BCUT2D eigenvalue weighted by molar-refractivity contribution is 7.11. The minimum atomic E-state index is -2.90. The van der Waals surface area contributed by atoms with Gasteiger partial charge >= 0.3 is 5.92 Å². The number of rotatable bonds is 2. The molecule has 0 aliphatic carbocycles. The van der Waals surface area contributed by atoms with E-state index < -0.39 is 18.6 Å². The minimum absolute atomic E-state index is 0.0778. The Bertz CT molecular complexity index is 329. The molecule has 1 aromatic rings. The molecule has 1 saturated heterocycles. The molecule has 6 heteroatoms. The molecule has 0 saturated carbocycles. The molecule has 1 fully saturated rings. The molecule has 14 heavy (non-hydrogen) atoms. The third kappa shape index (κ3) is 1.85. The molecule has 0 N–H and O–H groups in total. The van der Waals surface area contributed by atoms with Crippen molar-refractivity contribution in [3.63, 3.8) is 0 Å². The van der Waals surface area contributed by atoms with Gasteiger partial charge < -0.3 is 9.47 Å². The highest BCUT2D eigenvalue weighted by atomic mass is 32.1. The van der Waals surface area contributed by atoms with Crippen LogP contribution in [0.2, 0.25) is 0 Å². The van der Waals surface area contributed by atoms with Gasteiger partial charge in [-0.25, -0.2) is 4.98 Å². The molecule has 78 valence electrons. The second kappa shape index (κ2) is 3.43. The van der Waals surface area contributed by atoms with Crippen molar-refractivity contribution in [1.29, 1.82) is 0 Å². The fraction of sp³-hybridized carbons (Fsp3) is 0.625. The van der Waals surface area contributed by atoms with Gasteiger partial charge in [0, 0.05) is 5.38 Å². The van der Waals surface area contributed by atoms with Crippen molar-refractivity contribution in [2.45, 2.75) is 19.0 Å². The quantitative estimate of drug-likeness (QED) is 0.764. The average molecular weight is 221 g/mol. The summed E-state index contributed by atoms with van der Waals surface area (Å²) in [6, 6.07) is 0. The maximum atomic E-state index is 13.0.